The lowest BCUT2D eigenvalue weighted by Crippen LogP contribution is -2.67. The van der Waals surface area contributed by atoms with E-state index in [4.69, 9.17) is 9.47 Å². The number of rotatable bonds is 5. The van der Waals surface area contributed by atoms with Crippen LogP contribution in [0.4, 0.5) is 0 Å². The van der Waals surface area contributed by atoms with Gasteiger partial charge >= 0.3 is 0 Å². The second-order valence-electron chi connectivity index (χ2n) is 14.6. The van der Waals surface area contributed by atoms with Crippen LogP contribution in [0.25, 0.3) is 0 Å². The third-order valence-electron chi connectivity index (χ3n) is 11.8. The van der Waals surface area contributed by atoms with Crippen molar-refractivity contribution >= 4 is 5.78 Å². The molecule has 4 fully saturated rings. The van der Waals surface area contributed by atoms with Crippen LogP contribution in [0.5, 0.6) is 0 Å². The van der Waals surface area contributed by atoms with Gasteiger partial charge in [0.05, 0.1) is 35.6 Å². The highest BCUT2D eigenvalue weighted by Gasteiger charge is 2.72. The summed E-state index contributed by atoms with van der Waals surface area (Å²) < 4.78 is 13.0. The molecule has 0 unspecified atom stereocenters. The number of hydrogen-bond donors (Lipinski definition) is 5. The highest BCUT2D eigenvalue weighted by Crippen LogP contribution is 2.70. The molecule has 0 radical (unpaired) electrons. The van der Waals surface area contributed by atoms with Crippen LogP contribution in [0.3, 0.4) is 0 Å². The zero-order valence-corrected chi connectivity index (χ0v) is 23.9. The summed E-state index contributed by atoms with van der Waals surface area (Å²) in [6.07, 6.45) is 5.03. The Bertz CT molecular complexity index is 1020. The summed E-state index contributed by atoms with van der Waals surface area (Å²) in [5, 5.41) is 54.5. The number of hydrogen-bond acceptors (Lipinski definition) is 8. The molecule has 4 aliphatic carbocycles. The maximum absolute atomic E-state index is 13.5. The summed E-state index contributed by atoms with van der Waals surface area (Å²) >= 11 is 0. The Kier molecular flexibility index (Phi) is 6.46. The Morgan fingerprint density at radius 2 is 1.66 bits per heavy atom. The van der Waals surface area contributed by atoms with E-state index in [1.807, 2.05) is 20.8 Å². The van der Waals surface area contributed by atoms with Crippen molar-refractivity contribution in [3.05, 3.63) is 11.6 Å². The van der Waals surface area contributed by atoms with Gasteiger partial charge in [0.15, 0.2) is 11.6 Å². The second kappa shape index (κ2) is 8.57. The molecule has 1 aliphatic heterocycles. The van der Waals surface area contributed by atoms with Crippen LogP contribution in [-0.4, -0.2) is 78.3 Å². The van der Waals surface area contributed by atoms with E-state index in [-0.39, 0.29) is 31.0 Å². The van der Waals surface area contributed by atoms with E-state index in [9.17, 15) is 30.3 Å². The molecule has 8 heteroatoms. The summed E-state index contributed by atoms with van der Waals surface area (Å²) in [6, 6.07) is 0. The molecule has 216 valence electrons. The van der Waals surface area contributed by atoms with Crippen molar-refractivity contribution in [3.8, 4) is 0 Å². The lowest BCUT2D eigenvalue weighted by atomic mass is 9.44. The molecule has 0 aromatic rings. The van der Waals surface area contributed by atoms with E-state index in [2.05, 4.69) is 13.8 Å². The Balaban J connectivity index is 1.51. The molecular weight excluding hydrogens is 488 g/mol. The average molecular weight is 537 g/mol. The minimum atomic E-state index is -1.62. The second-order valence-corrected chi connectivity index (χ2v) is 14.6. The number of carbonyl (C=O) groups excluding carboxylic acids is 1. The third-order valence-corrected chi connectivity index (χ3v) is 11.8. The first-order valence-corrected chi connectivity index (χ1v) is 14.5. The van der Waals surface area contributed by atoms with Gasteiger partial charge < -0.3 is 35.0 Å². The molecule has 3 saturated carbocycles. The minimum absolute atomic E-state index is 0.0402. The molecule has 0 amide bonds. The summed E-state index contributed by atoms with van der Waals surface area (Å²) in [4.78, 5) is 13.5. The van der Waals surface area contributed by atoms with Gasteiger partial charge in [-0.05, 0) is 103 Å². The molecule has 0 aromatic heterocycles. The zero-order valence-electron chi connectivity index (χ0n) is 23.9. The van der Waals surface area contributed by atoms with Crippen LogP contribution in [0, 0.1) is 22.7 Å². The number of aliphatic hydroxyl groups is 5. The average Bonchev–Trinajstić information content (AvgIpc) is 3.24. The largest absolute Gasteiger partial charge is 0.393 e. The first-order chi connectivity index (χ1) is 17.4. The van der Waals surface area contributed by atoms with Gasteiger partial charge in [-0.2, -0.15) is 0 Å². The number of carbonyl (C=O) groups is 1. The summed E-state index contributed by atoms with van der Waals surface area (Å²) in [5.74, 6) is -1.46. The topological polar surface area (TPSA) is 137 Å². The van der Waals surface area contributed by atoms with E-state index in [1.165, 1.54) is 6.08 Å². The fraction of sp³-hybridized carbons (Fsp3) is 0.900. The number of aliphatic hydroxyl groups excluding tert-OH is 2. The van der Waals surface area contributed by atoms with Crippen molar-refractivity contribution in [2.24, 2.45) is 22.7 Å². The SMILES string of the molecule is CC1(C)O[C@H](CC[C@](C)(O)CO)[C@@](C)([C@H]2CC[C@@]3(O)C4=CC(=O)[C@]5(O)C[C@@H](O)CC[C@]5(C)[C@H]4CC[C@]23C)O1. The fourth-order valence-corrected chi connectivity index (χ4v) is 9.49. The molecule has 0 aromatic carbocycles. The van der Waals surface area contributed by atoms with Gasteiger partial charge in [-0.3, -0.25) is 4.79 Å². The number of fused-ring (bicyclic) bond motifs is 5. The monoisotopic (exact) mass is 536 g/mol. The van der Waals surface area contributed by atoms with Gasteiger partial charge in [0.1, 0.15) is 5.60 Å². The van der Waals surface area contributed by atoms with Gasteiger partial charge in [0.2, 0.25) is 0 Å². The fourth-order valence-electron chi connectivity index (χ4n) is 9.49. The molecule has 1 heterocycles. The molecule has 5 N–H and O–H groups in total. The maximum atomic E-state index is 13.5. The van der Waals surface area contributed by atoms with Crippen LogP contribution in [0.2, 0.25) is 0 Å². The lowest BCUT2D eigenvalue weighted by Gasteiger charge is -2.62. The summed E-state index contributed by atoms with van der Waals surface area (Å²) in [5.41, 5.74) is -5.40. The Morgan fingerprint density at radius 3 is 2.32 bits per heavy atom. The van der Waals surface area contributed by atoms with Crippen LogP contribution in [0.15, 0.2) is 11.6 Å². The van der Waals surface area contributed by atoms with Gasteiger partial charge in [-0.25, -0.2) is 0 Å². The quantitative estimate of drug-likeness (QED) is 0.362. The normalized spacial score (nSPS) is 51.6. The Hall–Kier alpha value is -0.870. The number of ketones is 1. The highest BCUT2D eigenvalue weighted by atomic mass is 16.8. The van der Waals surface area contributed by atoms with Crippen LogP contribution >= 0.6 is 0 Å². The molecule has 38 heavy (non-hydrogen) atoms. The molecule has 1 saturated heterocycles. The van der Waals surface area contributed by atoms with E-state index in [0.29, 0.717) is 44.9 Å². The van der Waals surface area contributed by atoms with Crippen LogP contribution in [0.1, 0.15) is 99.3 Å². The third kappa shape index (κ3) is 3.77. The van der Waals surface area contributed by atoms with Gasteiger partial charge in [0, 0.05) is 17.3 Å². The van der Waals surface area contributed by atoms with Crippen molar-refractivity contribution in [1.29, 1.82) is 0 Å². The maximum Gasteiger partial charge on any atom is 0.187 e. The highest BCUT2D eigenvalue weighted by molar-refractivity contribution is 6.00. The smallest absolute Gasteiger partial charge is 0.187 e. The number of ether oxygens (including phenoxy) is 2. The first kappa shape index (κ1) is 28.7. The van der Waals surface area contributed by atoms with Crippen LogP contribution < -0.4 is 0 Å². The minimum Gasteiger partial charge on any atom is -0.393 e. The van der Waals surface area contributed by atoms with E-state index in [1.54, 1.807) is 6.92 Å². The summed E-state index contributed by atoms with van der Waals surface area (Å²) in [7, 11) is 0. The first-order valence-electron chi connectivity index (χ1n) is 14.5. The predicted molar refractivity (Wildman–Crippen MR) is 140 cm³/mol. The van der Waals surface area contributed by atoms with Gasteiger partial charge in [-0.15, -0.1) is 0 Å². The van der Waals surface area contributed by atoms with E-state index >= 15 is 0 Å². The van der Waals surface area contributed by atoms with Crippen molar-refractivity contribution in [2.75, 3.05) is 6.61 Å². The zero-order chi connectivity index (χ0) is 28.2. The van der Waals surface area contributed by atoms with Gasteiger partial charge in [0.25, 0.3) is 0 Å². The van der Waals surface area contributed by atoms with Crippen LogP contribution in [-0.2, 0) is 14.3 Å². The molecular formula is C30H48O8. The lowest BCUT2D eigenvalue weighted by molar-refractivity contribution is -0.201. The van der Waals surface area contributed by atoms with E-state index < -0.39 is 50.9 Å². The van der Waals surface area contributed by atoms with E-state index in [0.717, 1.165) is 12.0 Å². The predicted octanol–water partition coefficient (Wildman–Crippen LogP) is 2.77. The summed E-state index contributed by atoms with van der Waals surface area (Å²) in [6.45, 7) is 11.2. The van der Waals surface area contributed by atoms with Crippen molar-refractivity contribution in [2.45, 2.75) is 140 Å². The Labute approximate surface area is 226 Å². The van der Waals surface area contributed by atoms with Crippen molar-refractivity contribution in [1.82, 2.24) is 0 Å². The molecule has 10 atom stereocenters. The van der Waals surface area contributed by atoms with Gasteiger partial charge in [-0.1, -0.05) is 13.8 Å². The molecule has 8 nitrogen and oxygen atoms in total. The molecule has 0 bridgehead atoms. The van der Waals surface area contributed by atoms with Crippen molar-refractivity contribution < 1.29 is 39.8 Å². The Morgan fingerprint density at radius 1 is 1.00 bits per heavy atom. The standard InChI is InChI=1S/C30H48O8/c1-24(2)37-23(10-11-25(3,34)17-31)28(6,38-24)21-9-14-29(35)20-15-22(33)30(36)16-18(32)7-12-26(30,4)19(20)8-13-27(21,29)5/h15,18-19,21,23,31-32,34-36H,7-14,16-17H2,1-6H3/t18-,19-,21-,23+,25-,26+,27+,28+,29+,30+/m0/s1. The van der Waals surface area contributed by atoms with Crippen molar-refractivity contribution in [3.63, 3.8) is 0 Å². The molecule has 5 rings (SSSR count). The molecule has 0 spiro atoms. The molecule has 5 aliphatic rings.